The number of likely N-dealkylation sites (tertiary alicyclic amines) is 1. The lowest BCUT2D eigenvalue weighted by atomic mass is 9.99. The average Bonchev–Trinajstić information content (AvgIpc) is 3.06. The van der Waals surface area contributed by atoms with Crippen LogP contribution in [-0.4, -0.2) is 60.6 Å². The van der Waals surface area contributed by atoms with Crippen LogP contribution in [0, 0.1) is 0 Å². The van der Waals surface area contributed by atoms with Crippen LogP contribution < -0.4 is 17.0 Å². The molecule has 0 aromatic carbocycles. The monoisotopic (exact) mass is 473 g/mol. The summed E-state index contributed by atoms with van der Waals surface area (Å²) in [5.41, 5.74) is -1.74. The van der Waals surface area contributed by atoms with Crippen LogP contribution in [-0.2, 0) is 19.9 Å². The molecule has 148 valence electrons. The Morgan fingerprint density at radius 1 is 1.33 bits per heavy atom. The zero-order valence-corrected chi connectivity index (χ0v) is 18.7. The summed E-state index contributed by atoms with van der Waals surface area (Å²) in [6.45, 7) is 2.90. The summed E-state index contributed by atoms with van der Waals surface area (Å²) in [5.74, 6) is -0.605. The van der Waals surface area contributed by atoms with Gasteiger partial charge in [0.05, 0.1) is 23.8 Å². The Bertz CT molecular complexity index is 743. The molecule has 4 atom stereocenters. The Labute approximate surface area is 177 Å². The van der Waals surface area contributed by atoms with Gasteiger partial charge in [0, 0.05) is 6.42 Å². The number of esters is 1. The standard InChI is InChI=1S/C19H24NO4S2.BrH/c1-12(10-13-17-14(24-17)11-20(13,2)3)23-18(21)19(22,15-6-4-8-25-15)16-7-5-9-26-16;/h4-9,12-14,17,22H,10-11H2,1-3H3;1H/q+1;/p-1/t12-,13?,14-,17?;/m1./s1. The molecule has 2 fully saturated rings. The molecule has 4 heterocycles. The fraction of sp³-hybridized carbons (Fsp3) is 0.526. The summed E-state index contributed by atoms with van der Waals surface area (Å²) in [5, 5.41) is 15.0. The number of nitrogens with zero attached hydrogens (tertiary/aromatic N) is 1. The number of likely N-dealkylation sites (N-methyl/N-ethyl adjacent to an activating group) is 1. The highest BCUT2D eigenvalue weighted by molar-refractivity contribution is 7.12. The van der Waals surface area contributed by atoms with Crippen LogP contribution in [0.3, 0.4) is 0 Å². The summed E-state index contributed by atoms with van der Waals surface area (Å²) in [7, 11) is 4.39. The number of carbonyl (C=O) groups is 1. The quantitative estimate of drug-likeness (QED) is 0.352. The van der Waals surface area contributed by atoms with Crippen molar-refractivity contribution < 1.29 is 40.8 Å². The molecule has 4 rings (SSSR count). The van der Waals surface area contributed by atoms with Gasteiger partial charge in [-0.05, 0) is 29.8 Å². The van der Waals surface area contributed by atoms with E-state index < -0.39 is 11.6 Å². The first-order valence-electron chi connectivity index (χ1n) is 8.82. The lowest BCUT2D eigenvalue weighted by molar-refractivity contribution is -0.909. The number of rotatable bonds is 6. The minimum Gasteiger partial charge on any atom is -1.00 e. The van der Waals surface area contributed by atoms with Crippen LogP contribution in [0.2, 0.25) is 0 Å². The second-order valence-corrected chi connectivity index (χ2v) is 9.68. The van der Waals surface area contributed by atoms with Gasteiger partial charge in [0.25, 0.3) is 0 Å². The third-order valence-corrected chi connectivity index (χ3v) is 7.44. The fourth-order valence-corrected chi connectivity index (χ4v) is 5.72. The molecule has 2 aromatic heterocycles. The van der Waals surface area contributed by atoms with Gasteiger partial charge in [-0.1, -0.05) is 12.1 Å². The number of aliphatic hydroxyl groups is 1. The molecule has 1 N–H and O–H groups in total. The number of hydrogen-bond donors (Lipinski definition) is 1. The van der Waals surface area contributed by atoms with Gasteiger partial charge in [0.2, 0.25) is 5.60 Å². The largest absolute Gasteiger partial charge is 1.00 e. The van der Waals surface area contributed by atoms with Gasteiger partial charge < -0.3 is 36.0 Å². The summed E-state index contributed by atoms with van der Waals surface area (Å²) in [6.07, 6.45) is 1.07. The SMILES string of the molecule is C[C@H](CC1C2O[C@@H]2C[N+]1(C)C)OC(=O)C(O)(c1cccs1)c1cccs1.[Br-]. The van der Waals surface area contributed by atoms with Crippen molar-refractivity contribution in [1.29, 1.82) is 0 Å². The van der Waals surface area contributed by atoms with Crippen LogP contribution >= 0.6 is 22.7 Å². The molecular weight excluding hydrogens is 450 g/mol. The summed E-state index contributed by atoms with van der Waals surface area (Å²) in [4.78, 5) is 14.2. The van der Waals surface area contributed by atoms with Gasteiger partial charge in [-0.2, -0.15) is 0 Å². The van der Waals surface area contributed by atoms with Crippen molar-refractivity contribution in [3.8, 4) is 0 Å². The molecule has 0 bridgehead atoms. The molecule has 2 saturated heterocycles. The van der Waals surface area contributed by atoms with Gasteiger partial charge in [0.15, 0.2) is 0 Å². The Morgan fingerprint density at radius 3 is 2.37 bits per heavy atom. The third-order valence-electron chi connectivity index (χ3n) is 5.48. The minimum atomic E-state index is -1.74. The highest BCUT2D eigenvalue weighted by atomic mass is 79.9. The molecule has 27 heavy (non-hydrogen) atoms. The Morgan fingerprint density at radius 2 is 1.93 bits per heavy atom. The molecule has 2 aliphatic rings. The lowest BCUT2D eigenvalue weighted by Crippen LogP contribution is -3.00. The average molecular weight is 474 g/mol. The van der Waals surface area contributed by atoms with E-state index in [4.69, 9.17) is 9.47 Å². The molecular formula is C19H24BrNO4S2. The topological polar surface area (TPSA) is 59.1 Å². The van der Waals surface area contributed by atoms with E-state index in [9.17, 15) is 9.90 Å². The maximum atomic E-state index is 13.0. The Hall–Kier alpha value is -0.770. The van der Waals surface area contributed by atoms with Gasteiger partial charge in [-0.15, -0.1) is 22.7 Å². The lowest BCUT2D eigenvalue weighted by Gasteiger charge is -2.35. The molecule has 0 amide bonds. The number of fused-ring (bicyclic) bond motifs is 1. The Kier molecular flexibility index (Phi) is 5.88. The number of carbonyl (C=O) groups excluding carboxylic acids is 1. The van der Waals surface area contributed by atoms with Crippen molar-refractivity contribution in [2.24, 2.45) is 0 Å². The van der Waals surface area contributed by atoms with Crippen LogP contribution in [0.5, 0.6) is 0 Å². The minimum absolute atomic E-state index is 0. The van der Waals surface area contributed by atoms with E-state index in [0.717, 1.165) is 17.4 Å². The van der Waals surface area contributed by atoms with E-state index in [-0.39, 0.29) is 29.2 Å². The number of halogens is 1. The number of hydrogen-bond acceptors (Lipinski definition) is 6. The first kappa shape index (κ1) is 21.0. The van der Waals surface area contributed by atoms with Crippen LogP contribution in [0.4, 0.5) is 0 Å². The first-order valence-corrected chi connectivity index (χ1v) is 10.6. The molecule has 2 unspecified atom stereocenters. The van der Waals surface area contributed by atoms with Gasteiger partial charge in [-0.3, -0.25) is 0 Å². The second-order valence-electron chi connectivity index (χ2n) is 7.78. The van der Waals surface area contributed by atoms with Crippen molar-refractivity contribution in [2.75, 3.05) is 20.6 Å². The number of thiophene rings is 2. The zero-order valence-electron chi connectivity index (χ0n) is 15.5. The Balaban J connectivity index is 0.00000210. The highest BCUT2D eigenvalue weighted by Gasteiger charge is 2.61. The van der Waals surface area contributed by atoms with E-state index in [2.05, 4.69) is 14.1 Å². The molecule has 0 radical (unpaired) electrons. The molecule has 2 aromatic rings. The summed E-state index contributed by atoms with van der Waals surface area (Å²) >= 11 is 2.71. The van der Waals surface area contributed by atoms with Gasteiger partial charge in [-0.25, -0.2) is 4.79 Å². The fourth-order valence-electron chi connectivity index (χ4n) is 4.01. The summed E-state index contributed by atoms with van der Waals surface area (Å²) in [6, 6.07) is 7.53. The number of quaternary nitrogens is 1. The summed E-state index contributed by atoms with van der Waals surface area (Å²) < 4.78 is 12.3. The molecule has 8 heteroatoms. The smallest absolute Gasteiger partial charge is 0.349 e. The van der Waals surface area contributed by atoms with Crippen molar-refractivity contribution in [1.82, 2.24) is 0 Å². The van der Waals surface area contributed by atoms with Crippen LogP contribution in [0.1, 0.15) is 23.1 Å². The van der Waals surface area contributed by atoms with Crippen molar-refractivity contribution in [2.45, 2.75) is 43.3 Å². The van der Waals surface area contributed by atoms with Crippen molar-refractivity contribution in [3.63, 3.8) is 0 Å². The van der Waals surface area contributed by atoms with Crippen LogP contribution in [0.25, 0.3) is 0 Å². The van der Waals surface area contributed by atoms with E-state index in [1.165, 1.54) is 22.7 Å². The van der Waals surface area contributed by atoms with E-state index in [1.807, 2.05) is 29.8 Å². The maximum absolute atomic E-state index is 13.0. The van der Waals surface area contributed by atoms with E-state index in [1.54, 1.807) is 12.1 Å². The number of morpholine rings is 1. The second kappa shape index (κ2) is 7.57. The zero-order chi connectivity index (χ0) is 18.5. The highest BCUT2D eigenvalue weighted by Crippen LogP contribution is 2.42. The predicted molar refractivity (Wildman–Crippen MR) is 101 cm³/mol. The van der Waals surface area contributed by atoms with Crippen molar-refractivity contribution in [3.05, 3.63) is 44.8 Å². The van der Waals surface area contributed by atoms with E-state index >= 15 is 0 Å². The molecule has 5 nitrogen and oxygen atoms in total. The number of ether oxygens (including phenoxy) is 2. The van der Waals surface area contributed by atoms with Gasteiger partial charge in [0.1, 0.15) is 30.9 Å². The third kappa shape index (κ3) is 3.75. The normalized spacial score (nSPS) is 26.7. The number of epoxide rings is 1. The predicted octanol–water partition coefficient (Wildman–Crippen LogP) is -0.403. The van der Waals surface area contributed by atoms with E-state index in [0.29, 0.717) is 21.9 Å². The maximum Gasteiger partial charge on any atom is 0.349 e. The van der Waals surface area contributed by atoms with Crippen LogP contribution in [0.15, 0.2) is 35.0 Å². The molecule has 0 spiro atoms. The molecule has 2 aliphatic heterocycles. The first-order chi connectivity index (χ1) is 12.3. The molecule has 0 saturated carbocycles. The molecule has 0 aliphatic carbocycles. The van der Waals surface area contributed by atoms with Crippen molar-refractivity contribution >= 4 is 28.6 Å². The van der Waals surface area contributed by atoms with Gasteiger partial charge >= 0.3 is 5.97 Å².